The fraction of sp³-hybridized carbons (Fsp3) is 1.00. The van der Waals surface area contributed by atoms with Crippen LogP contribution in [0.15, 0.2) is 0 Å². The molecule has 1 saturated heterocycles. The summed E-state index contributed by atoms with van der Waals surface area (Å²) in [5.74, 6) is 2.47. The summed E-state index contributed by atoms with van der Waals surface area (Å²) >= 11 is 3.65. The molecule has 96 valence electrons. The molecule has 1 nitrogen and oxygen atoms in total. The Morgan fingerprint density at radius 3 is 2.31 bits per heavy atom. The van der Waals surface area contributed by atoms with Gasteiger partial charge in [0.1, 0.15) is 0 Å². The molecule has 0 aliphatic carbocycles. The fourth-order valence-electron chi connectivity index (χ4n) is 2.47. The first kappa shape index (κ1) is 14.5. The summed E-state index contributed by atoms with van der Waals surface area (Å²) < 4.78 is 0. The number of likely N-dealkylation sites (tertiary alicyclic amines) is 1. The van der Waals surface area contributed by atoms with E-state index in [0.717, 1.165) is 23.1 Å². The highest BCUT2D eigenvalue weighted by Gasteiger charge is 2.32. The highest BCUT2D eigenvalue weighted by atomic mass is 79.9. The minimum absolute atomic E-state index is 0.483. The van der Waals surface area contributed by atoms with Crippen LogP contribution in [-0.2, 0) is 0 Å². The Balaban J connectivity index is 2.42. The van der Waals surface area contributed by atoms with Gasteiger partial charge in [0.25, 0.3) is 0 Å². The monoisotopic (exact) mass is 289 g/mol. The molecule has 0 aromatic rings. The highest BCUT2D eigenvalue weighted by Crippen LogP contribution is 2.34. The molecular weight excluding hydrogens is 262 g/mol. The van der Waals surface area contributed by atoms with Crippen LogP contribution in [0.5, 0.6) is 0 Å². The molecule has 0 N–H and O–H groups in total. The van der Waals surface area contributed by atoms with Crippen LogP contribution in [0.2, 0.25) is 0 Å². The molecule has 1 aliphatic heterocycles. The predicted molar refractivity (Wildman–Crippen MR) is 76.1 cm³/mol. The zero-order chi connectivity index (χ0) is 12.3. The summed E-state index contributed by atoms with van der Waals surface area (Å²) in [5, 5.41) is 1.14. The van der Waals surface area contributed by atoms with E-state index in [1.165, 1.54) is 26.1 Å². The van der Waals surface area contributed by atoms with Gasteiger partial charge in [-0.1, -0.05) is 50.5 Å². The van der Waals surface area contributed by atoms with Crippen molar-refractivity contribution in [2.24, 2.45) is 23.2 Å². The first-order chi connectivity index (χ1) is 7.34. The van der Waals surface area contributed by atoms with Gasteiger partial charge >= 0.3 is 0 Å². The van der Waals surface area contributed by atoms with E-state index < -0.39 is 0 Å². The highest BCUT2D eigenvalue weighted by molar-refractivity contribution is 9.09. The summed E-state index contributed by atoms with van der Waals surface area (Å²) in [5.41, 5.74) is 0.483. The Bertz CT molecular complexity index is 207. The van der Waals surface area contributed by atoms with Crippen LogP contribution in [0.1, 0.15) is 41.0 Å². The summed E-state index contributed by atoms with van der Waals surface area (Å²) in [6, 6.07) is 0. The zero-order valence-electron chi connectivity index (χ0n) is 11.6. The van der Waals surface area contributed by atoms with Crippen molar-refractivity contribution in [2.45, 2.75) is 41.0 Å². The van der Waals surface area contributed by atoms with Gasteiger partial charge in [-0.05, 0) is 36.1 Å². The Labute approximate surface area is 110 Å². The number of hydrogen-bond donors (Lipinski definition) is 0. The number of alkyl halides is 1. The molecule has 0 amide bonds. The van der Waals surface area contributed by atoms with E-state index in [4.69, 9.17) is 0 Å². The molecule has 2 heteroatoms. The molecule has 2 atom stereocenters. The Morgan fingerprint density at radius 1 is 1.31 bits per heavy atom. The van der Waals surface area contributed by atoms with Crippen molar-refractivity contribution in [3.05, 3.63) is 0 Å². The Kier molecular flexibility index (Phi) is 5.31. The summed E-state index contributed by atoms with van der Waals surface area (Å²) in [7, 11) is 0. The molecule has 0 aromatic carbocycles. The molecule has 16 heavy (non-hydrogen) atoms. The van der Waals surface area contributed by atoms with E-state index in [1.54, 1.807) is 0 Å². The summed E-state index contributed by atoms with van der Waals surface area (Å²) in [4.78, 5) is 2.67. The molecule has 1 aliphatic rings. The second kappa shape index (κ2) is 5.86. The van der Waals surface area contributed by atoms with Gasteiger partial charge in [-0.2, -0.15) is 0 Å². The van der Waals surface area contributed by atoms with Crippen molar-refractivity contribution >= 4 is 15.9 Å². The lowest BCUT2D eigenvalue weighted by Crippen LogP contribution is -2.32. The van der Waals surface area contributed by atoms with E-state index >= 15 is 0 Å². The molecule has 1 heterocycles. The first-order valence-electron chi connectivity index (χ1n) is 6.63. The quantitative estimate of drug-likeness (QED) is 0.707. The normalized spacial score (nSPS) is 25.3. The minimum atomic E-state index is 0.483. The van der Waals surface area contributed by atoms with E-state index in [-0.39, 0.29) is 0 Å². The van der Waals surface area contributed by atoms with Crippen LogP contribution < -0.4 is 0 Å². The van der Waals surface area contributed by atoms with Gasteiger partial charge in [-0.15, -0.1) is 0 Å². The van der Waals surface area contributed by atoms with Crippen LogP contribution in [0.4, 0.5) is 0 Å². The molecule has 0 bridgehead atoms. The Morgan fingerprint density at radius 2 is 1.94 bits per heavy atom. The standard InChI is InChI=1S/C14H28BrN/c1-11(2)12(8-15)9-16-7-6-13(10-16)14(3,4)5/h11-13H,6-10H2,1-5H3. The van der Waals surface area contributed by atoms with Gasteiger partial charge in [-0.3, -0.25) is 0 Å². The molecule has 0 spiro atoms. The largest absolute Gasteiger partial charge is 0.303 e. The minimum Gasteiger partial charge on any atom is -0.303 e. The molecule has 0 aromatic heterocycles. The molecule has 1 rings (SSSR count). The van der Waals surface area contributed by atoms with Gasteiger partial charge in [0.15, 0.2) is 0 Å². The van der Waals surface area contributed by atoms with Crippen LogP contribution in [0, 0.1) is 23.2 Å². The predicted octanol–water partition coefficient (Wildman–Crippen LogP) is 4.02. The van der Waals surface area contributed by atoms with Crippen molar-refractivity contribution in [3.8, 4) is 0 Å². The maximum absolute atomic E-state index is 3.65. The van der Waals surface area contributed by atoms with Crippen LogP contribution in [0.3, 0.4) is 0 Å². The molecule has 0 saturated carbocycles. The summed E-state index contributed by atoms with van der Waals surface area (Å²) in [6.45, 7) is 15.7. The summed E-state index contributed by atoms with van der Waals surface area (Å²) in [6.07, 6.45) is 1.39. The lowest BCUT2D eigenvalue weighted by Gasteiger charge is -2.29. The molecule has 1 fully saturated rings. The maximum atomic E-state index is 3.65. The average molecular weight is 290 g/mol. The van der Waals surface area contributed by atoms with Crippen LogP contribution in [0.25, 0.3) is 0 Å². The topological polar surface area (TPSA) is 3.24 Å². The molecule has 0 radical (unpaired) electrons. The van der Waals surface area contributed by atoms with Gasteiger partial charge in [0.2, 0.25) is 0 Å². The molecule has 2 unspecified atom stereocenters. The smallest absolute Gasteiger partial charge is 0.00743 e. The SMILES string of the molecule is CC(C)C(CBr)CN1CCC(C(C)(C)C)C1. The van der Waals surface area contributed by atoms with E-state index in [0.29, 0.717) is 5.41 Å². The van der Waals surface area contributed by atoms with E-state index in [1.807, 2.05) is 0 Å². The maximum Gasteiger partial charge on any atom is 0.00743 e. The first-order valence-corrected chi connectivity index (χ1v) is 7.75. The fourth-order valence-corrected chi connectivity index (χ4v) is 3.43. The van der Waals surface area contributed by atoms with Gasteiger partial charge < -0.3 is 4.90 Å². The van der Waals surface area contributed by atoms with E-state index in [9.17, 15) is 0 Å². The third-order valence-electron chi connectivity index (χ3n) is 4.13. The zero-order valence-corrected chi connectivity index (χ0v) is 13.2. The van der Waals surface area contributed by atoms with Crippen molar-refractivity contribution in [1.82, 2.24) is 4.90 Å². The number of halogens is 1. The third-order valence-corrected chi connectivity index (χ3v) is 4.96. The third kappa shape index (κ3) is 4.03. The number of hydrogen-bond acceptors (Lipinski definition) is 1. The number of rotatable bonds is 4. The van der Waals surface area contributed by atoms with Crippen molar-refractivity contribution < 1.29 is 0 Å². The average Bonchev–Trinajstić information content (AvgIpc) is 2.61. The van der Waals surface area contributed by atoms with Gasteiger partial charge in [0.05, 0.1) is 0 Å². The van der Waals surface area contributed by atoms with Gasteiger partial charge in [-0.25, -0.2) is 0 Å². The van der Waals surface area contributed by atoms with Gasteiger partial charge in [0, 0.05) is 18.4 Å². The van der Waals surface area contributed by atoms with Crippen molar-refractivity contribution in [1.29, 1.82) is 0 Å². The lowest BCUT2D eigenvalue weighted by atomic mass is 9.80. The van der Waals surface area contributed by atoms with Crippen molar-refractivity contribution in [2.75, 3.05) is 25.0 Å². The number of nitrogens with zero attached hydrogens (tertiary/aromatic N) is 1. The Hall–Kier alpha value is 0.440. The second-order valence-corrected chi connectivity index (χ2v) is 7.42. The van der Waals surface area contributed by atoms with Crippen LogP contribution >= 0.6 is 15.9 Å². The van der Waals surface area contributed by atoms with E-state index in [2.05, 4.69) is 55.4 Å². The second-order valence-electron chi connectivity index (χ2n) is 6.77. The molecular formula is C14H28BrN. The lowest BCUT2D eigenvalue weighted by molar-refractivity contribution is 0.206. The van der Waals surface area contributed by atoms with Crippen molar-refractivity contribution in [3.63, 3.8) is 0 Å². The van der Waals surface area contributed by atoms with Crippen LogP contribution in [-0.4, -0.2) is 29.9 Å².